The van der Waals surface area contributed by atoms with E-state index in [2.05, 4.69) is 10.5 Å². The number of hydrogen-bond acceptors (Lipinski definition) is 4. The molecule has 2 amide bonds. The molecule has 1 N–H and O–H groups in total. The fourth-order valence-corrected chi connectivity index (χ4v) is 3.88. The molecule has 0 spiro atoms. The Kier molecular flexibility index (Phi) is 6.11. The van der Waals surface area contributed by atoms with Crippen LogP contribution in [0.25, 0.3) is 11.3 Å². The number of likely N-dealkylation sites (tertiary alicyclic amines) is 1. The number of nitrogens with one attached hydrogen (secondary N) is 1. The highest BCUT2D eigenvalue weighted by atomic mass is 19.1. The highest BCUT2D eigenvalue weighted by Crippen LogP contribution is 2.26. The van der Waals surface area contributed by atoms with Crippen LogP contribution in [-0.2, 0) is 11.2 Å². The lowest BCUT2D eigenvalue weighted by Gasteiger charge is -2.24. The lowest BCUT2D eigenvalue weighted by molar-refractivity contribution is -0.132. The third kappa shape index (κ3) is 4.66. The molecule has 3 aromatic rings. The second kappa shape index (κ2) is 9.12. The van der Waals surface area contributed by atoms with Gasteiger partial charge >= 0.3 is 0 Å². The van der Waals surface area contributed by atoms with Crippen LogP contribution in [0.5, 0.6) is 0 Å². The summed E-state index contributed by atoms with van der Waals surface area (Å²) >= 11 is 0. The normalized spacial score (nSPS) is 14.5. The molecule has 1 fully saturated rings. The van der Waals surface area contributed by atoms with Crippen LogP contribution in [0.2, 0.25) is 0 Å². The molecule has 1 unspecified atom stereocenters. The van der Waals surface area contributed by atoms with Gasteiger partial charge in [-0.25, -0.2) is 4.39 Å². The molecule has 1 saturated heterocycles. The van der Waals surface area contributed by atoms with E-state index in [0.717, 1.165) is 18.4 Å². The van der Waals surface area contributed by atoms with Gasteiger partial charge in [0.2, 0.25) is 5.91 Å². The fourth-order valence-electron chi connectivity index (χ4n) is 3.88. The molecule has 0 bridgehead atoms. The van der Waals surface area contributed by atoms with E-state index in [4.69, 9.17) is 4.52 Å². The van der Waals surface area contributed by atoms with E-state index in [-0.39, 0.29) is 17.3 Å². The maximum absolute atomic E-state index is 13.3. The molecule has 6 nitrogen and oxygen atoms in total. The van der Waals surface area contributed by atoms with Crippen LogP contribution in [0.1, 0.15) is 34.5 Å². The van der Waals surface area contributed by atoms with Crippen molar-refractivity contribution < 1.29 is 18.5 Å². The molecule has 2 aromatic carbocycles. The summed E-state index contributed by atoms with van der Waals surface area (Å²) in [6.45, 7) is 3.05. The van der Waals surface area contributed by atoms with Crippen molar-refractivity contribution in [1.82, 2.24) is 15.4 Å². The Morgan fingerprint density at radius 1 is 1.10 bits per heavy atom. The predicted molar refractivity (Wildman–Crippen MR) is 114 cm³/mol. The van der Waals surface area contributed by atoms with Crippen LogP contribution in [0.4, 0.5) is 4.39 Å². The third-order valence-electron chi connectivity index (χ3n) is 5.51. The number of amides is 2. The van der Waals surface area contributed by atoms with E-state index in [1.807, 2.05) is 30.3 Å². The molecule has 7 heteroatoms. The molecular formula is C24H24FN3O3. The lowest BCUT2D eigenvalue weighted by atomic mass is 10.0. The Hall–Kier alpha value is -3.48. The number of halogens is 1. The summed E-state index contributed by atoms with van der Waals surface area (Å²) in [5, 5.41) is 6.90. The number of carbonyl (C=O) groups is 2. The average Bonchev–Trinajstić information content (AvgIpc) is 3.44. The Morgan fingerprint density at radius 3 is 2.45 bits per heavy atom. The molecule has 2 heterocycles. The number of nitrogens with zero attached hydrogens (tertiary/aromatic N) is 2. The van der Waals surface area contributed by atoms with Crippen LogP contribution < -0.4 is 5.32 Å². The van der Waals surface area contributed by atoms with Gasteiger partial charge in [-0.1, -0.05) is 35.5 Å². The summed E-state index contributed by atoms with van der Waals surface area (Å²) in [6.07, 6.45) is 2.33. The monoisotopic (exact) mass is 421 g/mol. The molecule has 0 aliphatic carbocycles. The van der Waals surface area contributed by atoms with Crippen molar-refractivity contribution in [3.8, 4) is 11.3 Å². The van der Waals surface area contributed by atoms with Gasteiger partial charge in [-0.2, -0.15) is 0 Å². The predicted octanol–water partition coefficient (Wildman–Crippen LogP) is 3.75. The van der Waals surface area contributed by atoms with Crippen molar-refractivity contribution in [3.05, 3.63) is 77.3 Å². The van der Waals surface area contributed by atoms with Crippen molar-refractivity contribution in [2.45, 2.75) is 32.2 Å². The Labute approximate surface area is 180 Å². The van der Waals surface area contributed by atoms with Crippen molar-refractivity contribution in [2.75, 3.05) is 13.1 Å². The van der Waals surface area contributed by atoms with Crippen molar-refractivity contribution >= 4 is 11.8 Å². The number of aromatic nitrogens is 1. The molecule has 0 saturated carbocycles. The van der Waals surface area contributed by atoms with Crippen molar-refractivity contribution in [2.24, 2.45) is 0 Å². The van der Waals surface area contributed by atoms with E-state index in [9.17, 15) is 14.0 Å². The van der Waals surface area contributed by atoms with Crippen LogP contribution in [0, 0.1) is 12.7 Å². The highest BCUT2D eigenvalue weighted by molar-refractivity contribution is 6.02. The van der Waals surface area contributed by atoms with Crippen molar-refractivity contribution in [3.63, 3.8) is 0 Å². The Balaban J connectivity index is 1.61. The number of aryl methyl sites for hydroxylation is 1. The summed E-state index contributed by atoms with van der Waals surface area (Å²) in [4.78, 5) is 28.2. The SMILES string of the molecule is Cc1onc(-c2ccc(F)cc2)c1C(=O)NC(Cc1ccccc1)C(=O)N1CCCC1. The highest BCUT2D eigenvalue weighted by Gasteiger charge is 2.30. The number of hydrogen-bond donors (Lipinski definition) is 1. The molecule has 1 aliphatic heterocycles. The Morgan fingerprint density at radius 2 is 1.77 bits per heavy atom. The Bertz CT molecular complexity index is 1060. The quantitative estimate of drug-likeness (QED) is 0.658. The van der Waals surface area contributed by atoms with Gasteiger partial charge in [-0.3, -0.25) is 9.59 Å². The van der Waals surface area contributed by atoms with Gasteiger partial charge in [0.05, 0.1) is 0 Å². The first-order valence-corrected chi connectivity index (χ1v) is 10.4. The topological polar surface area (TPSA) is 75.4 Å². The van der Waals surface area contributed by atoms with Gasteiger partial charge in [0.15, 0.2) is 0 Å². The van der Waals surface area contributed by atoms with Gasteiger partial charge in [0.1, 0.15) is 28.9 Å². The van der Waals surface area contributed by atoms with Crippen LogP contribution in [0.15, 0.2) is 59.1 Å². The largest absolute Gasteiger partial charge is 0.360 e. The van der Waals surface area contributed by atoms with Gasteiger partial charge in [-0.15, -0.1) is 0 Å². The zero-order chi connectivity index (χ0) is 21.8. The minimum absolute atomic E-state index is 0.0906. The number of carbonyl (C=O) groups excluding carboxylic acids is 2. The third-order valence-corrected chi connectivity index (χ3v) is 5.51. The van der Waals surface area contributed by atoms with E-state index in [0.29, 0.717) is 36.5 Å². The second-order valence-electron chi connectivity index (χ2n) is 7.72. The fraction of sp³-hybridized carbons (Fsp3) is 0.292. The van der Waals surface area contributed by atoms with Crippen molar-refractivity contribution in [1.29, 1.82) is 0 Å². The second-order valence-corrected chi connectivity index (χ2v) is 7.72. The summed E-state index contributed by atoms with van der Waals surface area (Å²) in [6, 6.07) is 14.6. The zero-order valence-electron chi connectivity index (χ0n) is 17.3. The summed E-state index contributed by atoms with van der Waals surface area (Å²) < 4.78 is 18.6. The number of rotatable bonds is 6. The lowest BCUT2D eigenvalue weighted by Crippen LogP contribution is -2.49. The first-order chi connectivity index (χ1) is 15.0. The molecule has 1 aliphatic rings. The molecule has 1 atom stereocenters. The summed E-state index contributed by atoms with van der Waals surface area (Å²) in [5.41, 5.74) is 2.09. The molecule has 31 heavy (non-hydrogen) atoms. The van der Waals surface area contributed by atoms with E-state index < -0.39 is 11.9 Å². The maximum Gasteiger partial charge on any atom is 0.257 e. The van der Waals surface area contributed by atoms with Crippen LogP contribution >= 0.6 is 0 Å². The summed E-state index contributed by atoms with van der Waals surface area (Å²) in [5.74, 6) is -0.572. The summed E-state index contributed by atoms with van der Waals surface area (Å²) in [7, 11) is 0. The van der Waals surface area contributed by atoms with Gasteiger partial charge in [-0.05, 0) is 49.6 Å². The smallest absolute Gasteiger partial charge is 0.257 e. The number of benzene rings is 2. The standard InChI is InChI=1S/C24H24FN3O3/c1-16-21(22(27-31-16)18-9-11-19(25)12-10-18)23(29)26-20(15-17-7-3-2-4-8-17)24(30)28-13-5-6-14-28/h2-4,7-12,20H,5-6,13-15H2,1H3,(H,26,29). The van der Waals surface area contributed by atoms with Gasteiger partial charge < -0.3 is 14.7 Å². The molecule has 160 valence electrons. The van der Waals surface area contributed by atoms with E-state index >= 15 is 0 Å². The van der Waals surface area contributed by atoms with Gasteiger partial charge in [0, 0.05) is 25.1 Å². The minimum atomic E-state index is -0.705. The zero-order valence-corrected chi connectivity index (χ0v) is 17.3. The molecule has 0 radical (unpaired) electrons. The minimum Gasteiger partial charge on any atom is -0.360 e. The van der Waals surface area contributed by atoms with Crippen LogP contribution in [0.3, 0.4) is 0 Å². The maximum atomic E-state index is 13.3. The van der Waals surface area contributed by atoms with E-state index in [1.54, 1.807) is 24.0 Å². The first kappa shape index (κ1) is 20.8. The molecule has 4 rings (SSSR count). The van der Waals surface area contributed by atoms with Gasteiger partial charge in [0.25, 0.3) is 5.91 Å². The average molecular weight is 421 g/mol. The molecule has 1 aromatic heterocycles. The van der Waals surface area contributed by atoms with Crippen LogP contribution in [-0.4, -0.2) is 41.0 Å². The molecular weight excluding hydrogens is 397 g/mol. The van der Waals surface area contributed by atoms with E-state index in [1.165, 1.54) is 12.1 Å². The first-order valence-electron chi connectivity index (χ1n) is 10.4.